The van der Waals surface area contributed by atoms with Gasteiger partial charge in [0.15, 0.2) is 0 Å². The lowest BCUT2D eigenvalue weighted by Gasteiger charge is -2.33. The van der Waals surface area contributed by atoms with Gasteiger partial charge in [0.25, 0.3) is 0 Å². The molecule has 2 amide bonds. The summed E-state index contributed by atoms with van der Waals surface area (Å²) in [7, 11) is 0. The molecule has 0 aliphatic carbocycles. The molecule has 0 saturated carbocycles. The van der Waals surface area contributed by atoms with Gasteiger partial charge in [0.05, 0.1) is 12.7 Å². The Balaban J connectivity index is 1.72. The molecular formula is C19H30N2O3. The lowest BCUT2D eigenvalue weighted by atomic mass is 9.81. The average Bonchev–Trinajstić information content (AvgIpc) is 3.00. The fourth-order valence-electron chi connectivity index (χ4n) is 3.09. The van der Waals surface area contributed by atoms with Crippen molar-refractivity contribution in [2.45, 2.75) is 46.6 Å². The molecule has 5 nitrogen and oxygen atoms in total. The molecule has 2 rings (SSSR count). The topological polar surface area (TPSA) is 70.6 Å². The van der Waals surface area contributed by atoms with Crippen LogP contribution in [0.5, 0.6) is 5.75 Å². The lowest BCUT2D eigenvalue weighted by Crippen LogP contribution is -2.46. The van der Waals surface area contributed by atoms with Crippen LogP contribution in [0, 0.1) is 11.3 Å². The zero-order chi connectivity index (χ0) is 17.7. The predicted octanol–water partition coefficient (Wildman–Crippen LogP) is 2.51. The highest BCUT2D eigenvalue weighted by Gasteiger charge is 2.30. The number of carbonyl (C=O) groups is 1. The quantitative estimate of drug-likeness (QED) is 0.717. The molecule has 1 aromatic carbocycles. The minimum absolute atomic E-state index is 0.161. The van der Waals surface area contributed by atoms with Gasteiger partial charge < -0.3 is 20.5 Å². The van der Waals surface area contributed by atoms with Gasteiger partial charge in [0.1, 0.15) is 5.75 Å². The van der Waals surface area contributed by atoms with E-state index < -0.39 is 6.10 Å². The van der Waals surface area contributed by atoms with Crippen molar-refractivity contribution in [3.8, 4) is 5.75 Å². The first-order chi connectivity index (χ1) is 11.3. The summed E-state index contributed by atoms with van der Waals surface area (Å²) < 4.78 is 5.50. The van der Waals surface area contributed by atoms with Gasteiger partial charge >= 0.3 is 6.03 Å². The van der Waals surface area contributed by atoms with Crippen LogP contribution >= 0.6 is 0 Å². The first-order valence-corrected chi connectivity index (χ1v) is 8.74. The van der Waals surface area contributed by atoms with Crippen molar-refractivity contribution >= 4 is 6.03 Å². The van der Waals surface area contributed by atoms with Crippen molar-refractivity contribution in [1.29, 1.82) is 0 Å². The lowest BCUT2D eigenvalue weighted by molar-refractivity contribution is 0.0151. The summed E-state index contributed by atoms with van der Waals surface area (Å²) >= 11 is 0. The molecule has 0 saturated heterocycles. The Hall–Kier alpha value is -1.75. The Labute approximate surface area is 144 Å². The number of urea groups is 1. The first kappa shape index (κ1) is 18.6. The van der Waals surface area contributed by atoms with E-state index in [0.717, 1.165) is 25.2 Å². The molecule has 0 aromatic heterocycles. The van der Waals surface area contributed by atoms with Crippen LogP contribution in [-0.4, -0.2) is 36.9 Å². The number of aliphatic hydroxyl groups excluding tert-OH is 1. The molecular weight excluding hydrogens is 304 g/mol. The Kier molecular flexibility index (Phi) is 6.10. The molecule has 0 radical (unpaired) electrons. The van der Waals surface area contributed by atoms with Crippen molar-refractivity contribution in [2.75, 3.05) is 19.7 Å². The van der Waals surface area contributed by atoms with E-state index in [0.29, 0.717) is 13.1 Å². The predicted molar refractivity (Wildman–Crippen MR) is 95.4 cm³/mol. The number of hydrogen-bond donors (Lipinski definition) is 3. The molecule has 134 valence electrons. The molecule has 24 heavy (non-hydrogen) atoms. The maximum absolute atomic E-state index is 11.9. The largest absolute Gasteiger partial charge is 0.493 e. The zero-order valence-electron chi connectivity index (χ0n) is 15.2. The average molecular weight is 334 g/mol. The highest BCUT2D eigenvalue weighted by Crippen LogP contribution is 2.26. The number of fused-ring (bicyclic) bond motifs is 1. The number of ether oxygens (including phenoxy) is 1. The standard InChI is InChI=1S/C19H30N2O3/c1-13(2)17(22)19(3,4)12-21-18(23)20-9-7-14-5-6-16-15(11-14)8-10-24-16/h5-6,11,13,17,22H,7-10,12H2,1-4H3,(H2,20,21,23). The smallest absolute Gasteiger partial charge is 0.314 e. The van der Waals surface area contributed by atoms with Crippen molar-refractivity contribution < 1.29 is 14.6 Å². The molecule has 1 aromatic rings. The molecule has 5 heteroatoms. The van der Waals surface area contributed by atoms with Crippen LogP contribution in [0.15, 0.2) is 18.2 Å². The minimum Gasteiger partial charge on any atom is -0.493 e. The second kappa shape index (κ2) is 7.88. The van der Waals surface area contributed by atoms with Crippen molar-refractivity contribution in [3.05, 3.63) is 29.3 Å². The molecule has 1 atom stereocenters. The first-order valence-electron chi connectivity index (χ1n) is 8.74. The number of aliphatic hydroxyl groups is 1. The number of amides is 2. The number of benzene rings is 1. The van der Waals surface area contributed by atoms with E-state index in [-0.39, 0.29) is 17.4 Å². The molecule has 1 aliphatic rings. The van der Waals surface area contributed by atoms with Gasteiger partial charge in [0, 0.05) is 24.9 Å². The van der Waals surface area contributed by atoms with Crippen LogP contribution in [0.1, 0.15) is 38.8 Å². The molecule has 3 N–H and O–H groups in total. The summed E-state index contributed by atoms with van der Waals surface area (Å²) in [5, 5.41) is 15.9. The summed E-state index contributed by atoms with van der Waals surface area (Å²) in [6.45, 7) is 9.67. The fourth-order valence-corrected chi connectivity index (χ4v) is 3.09. The van der Waals surface area contributed by atoms with E-state index in [2.05, 4.69) is 16.7 Å². The van der Waals surface area contributed by atoms with Crippen LogP contribution < -0.4 is 15.4 Å². The van der Waals surface area contributed by atoms with Gasteiger partial charge in [-0.15, -0.1) is 0 Å². The van der Waals surface area contributed by atoms with E-state index in [1.165, 1.54) is 11.1 Å². The van der Waals surface area contributed by atoms with Gasteiger partial charge in [-0.05, 0) is 29.5 Å². The van der Waals surface area contributed by atoms with E-state index >= 15 is 0 Å². The molecule has 0 spiro atoms. The zero-order valence-corrected chi connectivity index (χ0v) is 15.2. The highest BCUT2D eigenvalue weighted by atomic mass is 16.5. The molecule has 0 fully saturated rings. The second-order valence-electron chi connectivity index (χ2n) is 7.58. The molecule has 0 bridgehead atoms. The molecule has 1 aliphatic heterocycles. The maximum Gasteiger partial charge on any atom is 0.314 e. The summed E-state index contributed by atoms with van der Waals surface area (Å²) in [5.41, 5.74) is 2.10. The number of carbonyl (C=O) groups excluding carboxylic acids is 1. The maximum atomic E-state index is 11.9. The van der Waals surface area contributed by atoms with E-state index in [1.54, 1.807) is 0 Å². The number of nitrogens with one attached hydrogen (secondary N) is 2. The third-order valence-electron chi connectivity index (χ3n) is 4.59. The van der Waals surface area contributed by atoms with Crippen LogP contribution in [0.2, 0.25) is 0 Å². The molecule has 1 unspecified atom stereocenters. The van der Waals surface area contributed by atoms with Crippen LogP contribution in [0.3, 0.4) is 0 Å². The van der Waals surface area contributed by atoms with E-state index in [1.807, 2.05) is 39.8 Å². The Bertz CT molecular complexity index is 570. The van der Waals surface area contributed by atoms with Gasteiger partial charge in [-0.1, -0.05) is 39.8 Å². The summed E-state index contributed by atoms with van der Waals surface area (Å²) in [6, 6.07) is 6.02. The van der Waals surface area contributed by atoms with Crippen molar-refractivity contribution in [1.82, 2.24) is 10.6 Å². The highest BCUT2D eigenvalue weighted by molar-refractivity contribution is 5.73. The fraction of sp³-hybridized carbons (Fsp3) is 0.632. The van der Waals surface area contributed by atoms with Gasteiger partial charge in [-0.2, -0.15) is 0 Å². The summed E-state index contributed by atoms with van der Waals surface area (Å²) in [6.07, 6.45) is 1.30. The monoisotopic (exact) mass is 334 g/mol. The van der Waals surface area contributed by atoms with Gasteiger partial charge in [0.2, 0.25) is 0 Å². The Morgan fingerprint density at radius 1 is 1.33 bits per heavy atom. The SMILES string of the molecule is CC(C)C(O)C(C)(C)CNC(=O)NCCc1ccc2c(c1)CCO2. The molecule has 1 heterocycles. The summed E-state index contributed by atoms with van der Waals surface area (Å²) in [4.78, 5) is 11.9. The second-order valence-corrected chi connectivity index (χ2v) is 7.58. The third-order valence-corrected chi connectivity index (χ3v) is 4.59. The van der Waals surface area contributed by atoms with Crippen molar-refractivity contribution in [2.24, 2.45) is 11.3 Å². The van der Waals surface area contributed by atoms with Crippen LogP contribution in [-0.2, 0) is 12.8 Å². The van der Waals surface area contributed by atoms with Crippen LogP contribution in [0.25, 0.3) is 0 Å². The van der Waals surface area contributed by atoms with Gasteiger partial charge in [-0.25, -0.2) is 4.79 Å². The van der Waals surface area contributed by atoms with E-state index in [4.69, 9.17) is 4.74 Å². The number of hydrogen-bond acceptors (Lipinski definition) is 3. The Morgan fingerprint density at radius 3 is 2.79 bits per heavy atom. The summed E-state index contributed by atoms with van der Waals surface area (Å²) in [5.74, 6) is 1.14. The van der Waals surface area contributed by atoms with Crippen molar-refractivity contribution in [3.63, 3.8) is 0 Å². The normalized spacial score (nSPS) is 14.9. The van der Waals surface area contributed by atoms with Gasteiger partial charge in [-0.3, -0.25) is 0 Å². The van der Waals surface area contributed by atoms with E-state index in [9.17, 15) is 9.90 Å². The third kappa shape index (κ3) is 4.87. The Morgan fingerprint density at radius 2 is 2.08 bits per heavy atom. The van der Waals surface area contributed by atoms with Crippen LogP contribution in [0.4, 0.5) is 4.79 Å². The minimum atomic E-state index is -0.452. The number of rotatable bonds is 7.